The summed E-state index contributed by atoms with van der Waals surface area (Å²) >= 11 is 1.39. The van der Waals surface area contributed by atoms with E-state index < -0.39 is 0 Å². The van der Waals surface area contributed by atoms with Gasteiger partial charge in [0, 0.05) is 19.1 Å². The third-order valence-electron chi connectivity index (χ3n) is 5.81. The molecule has 1 aliphatic carbocycles. The summed E-state index contributed by atoms with van der Waals surface area (Å²) < 4.78 is 7.60. The Kier molecular flexibility index (Phi) is 6.25. The highest BCUT2D eigenvalue weighted by atomic mass is 32.2. The van der Waals surface area contributed by atoms with Crippen LogP contribution in [0, 0.1) is 0 Å². The number of amides is 1. The fourth-order valence-electron chi connectivity index (χ4n) is 4.49. The Morgan fingerprint density at radius 2 is 1.83 bits per heavy atom. The van der Waals surface area contributed by atoms with E-state index in [1.54, 1.807) is 0 Å². The van der Waals surface area contributed by atoms with Gasteiger partial charge in [0.05, 0.1) is 28.9 Å². The van der Waals surface area contributed by atoms with Gasteiger partial charge in [-0.2, -0.15) is 0 Å². The van der Waals surface area contributed by atoms with Crippen LogP contribution in [-0.4, -0.2) is 51.4 Å². The molecule has 1 amide bonds. The van der Waals surface area contributed by atoms with Gasteiger partial charge in [-0.3, -0.25) is 14.2 Å². The SMILES string of the molecule is CC1CN(C(=O)CSc2nc3ccccc3c(=O)n2C2CCCCC2)CC(C)O1. The van der Waals surface area contributed by atoms with E-state index >= 15 is 0 Å². The molecule has 2 aliphatic rings. The van der Waals surface area contributed by atoms with Crippen molar-refractivity contribution in [2.24, 2.45) is 0 Å². The second kappa shape index (κ2) is 8.88. The Hall–Kier alpha value is -1.86. The summed E-state index contributed by atoms with van der Waals surface area (Å²) in [5.41, 5.74) is 0.721. The van der Waals surface area contributed by atoms with Gasteiger partial charge < -0.3 is 9.64 Å². The first-order valence-electron chi connectivity index (χ1n) is 10.6. The zero-order valence-electron chi connectivity index (χ0n) is 17.2. The normalized spacial score (nSPS) is 23.4. The number of fused-ring (bicyclic) bond motifs is 1. The van der Waals surface area contributed by atoms with Crippen molar-refractivity contribution in [2.45, 2.75) is 69.4 Å². The van der Waals surface area contributed by atoms with Gasteiger partial charge >= 0.3 is 0 Å². The average Bonchev–Trinajstić information content (AvgIpc) is 2.72. The van der Waals surface area contributed by atoms with Crippen LogP contribution in [0.25, 0.3) is 10.9 Å². The van der Waals surface area contributed by atoms with E-state index in [9.17, 15) is 9.59 Å². The molecule has 4 rings (SSSR count). The van der Waals surface area contributed by atoms with Crippen LogP contribution < -0.4 is 5.56 Å². The van der Waals surface area contributed by atoms with Gasteiger partial charge in [0.1, 0.15) is 0 Å². The van der Waals surface area contributed by atoms with E-state index in [2.05, 4.69) is 0 Å². The molecule has 156 valence electrons. The van der Waals surface area contributed by atoms with Crippen LogP contribution in [0.15, 0.2) is 34.2 Å². The van der Waals surface area contributed by atoms with Crippen LogP contribution in [0.5, 0.6) is 0 Å². The second-order valence-corrected chi connectivity index (χ2v) is 9.17. The van der Waals surface area contributed by atoms with E-state index in [0.717, 1.165) is 25.7 Å². The summed E-state index contributed by atoms with van der Waals surface area (Å²) in [6.45, 7) is 5.22. The highest BCUT2D eigenvalue weighted by Gasteiger charge is 2.27. The number of aromatic nitrogens is 2. The summed E-state index contributed by atoms with van der Waals surface area (Å²) in [6, 6.07) is 7.68. The number of ether oxygens (including phenoxy) is 1. The fourth-order valence-corrected chi connectivity index (χ4v) is 5.46. The zero-order chi connectivity index (χ0) is 20.4. The first-order chi connectivity index (χ1) is 14.0. The number of hydrogen-bond donors (Lipinski definition) is 0. The number of carbonyl (C=O) groups excluding carboxylic acids is 1. The lowest BCUT2D eigenvalue weighted by atomic mass is 9.95. The van der Waals surface area contributed by atoms with Crippen molar-refractivity contribution in [3.63, 3.8) is 0 Å². The van der Waals surface area contributed by atoms with Crippen LogP contribution in [0.2, 0.25) is 0 Å². The number of morpholine rings is 1. The quantitative estimate of drug-likeness (QED) is 0.564. The monoisotopic (exact) mass is 415 g/mol. The minimum atomic E-state index is 0.0195. The summed E-state index contributed by atoms with van der Waals surface area (Å²) in [5, 5.41) is 1.33. The lowest BCUT2D eigenvalue weighted by Crippen LogP contribution is -2.48. The molecule has 2 heterocycles. The highest BCUT2D eigenvalue weighted by Crippen LogP contribution is 2.31. The second-order valence-electron chi connectivity index (χ2n) is 8.22. The fraction of sp³-hybridized carbons (Fsp3) is 0.591. The Morgan fingerprint density at radius 1 is 1.14 bits per heavy atom. The molecule has 1 saturated heterocycles. The predicted octanol–water partition coefficient (Wildman–Crippen LogP) is 3.63. The van der Waals surface area contributed by atoms with Crippen LogP contribution in [-0.2, 0) is 9.53 Å². The van der Waals surface area contributed by atoms with Crippen molar-refractivity contribution in [3.8, 4) is 0 Å². The number of nitrogens with zero attached hydrogens (tertiary/aromatic N) is 3. The third kappa shape index (κ3) is 4.51. The van der Waals surface area contributed by atoms with Gasteiger partial charge in [0.15, 0.2) is 5.16 Å². The molecule has 1 saturated carbocycles. The standard InChI is InChI=1S/C22H29N3O3S/c1-15-12-24(13-16(2)28-15)20(26)14-29-22-23-19-11-7-6-10-18(19)21(27)25(22)17-8-4-3-5-9-17/h6-7,10-11,15-17H,3-5,8-9,12-14H2,1-2H3. The first kappa shape index (κ1) is 20.4. The van der Waals surface area contributed by atoms with Crippen molar-refractivity contribution in [3.05, 3.63) is 34.6 Å². The lowest BCUT2D eigenvalue weighted by Gasteiger charge is -2.35. The molecule has 0 radical (unpaired) electrons. The summed E-state index contributed by atoms with van der Waals surface area (Å²) in [5.74, 6) is 0.367. The van der Waals surface area contributed by atoms with Crippen molar-refractivity contribution >= 4 is 28.6 Å². The minimum absolute atomic E-state index is 0.0195. The summed E-state index contributed by atoms with van der Waals surface area (Å²) in [4.78, 5) is 32.8. The van der Waals surface area contributed by atoms with Crippen molar-refractivity contribution < 1.29 is 9.53 Å². The maximum absolute atomic E-state index is 13.3. The maximum Gasteiger partial charge on any atom is 0.262 e. The Morgan fingerprint density at radius 3 is 2.55 bits per heavy atom. The van der Waals surface area contributed by atoms with Crippen molar-refractivity contribution in [2.75, 3.05) is 18.8 Å². The molecule has 2 aromatic rings. The van der Waals surface area contributed by atoms with Gasteiger partial charge in [-0.15, -0.1) is 0 Å². The predicted molar refractivity (Wildman–Crippen MR) is 115 cm³/mol. The number of para-hydroxylation sites is 1. The van der Waals surface area contributed by atoms with Gasteiger partial charge in [0.2, 0.25) is 5.91 Å². The molecule has 1 aromatic heterocycles. The van der Waals surface area contributed by atoms with E-state index in [1.165, 1.54) is 18.2 Å². The lowest BCUT2D eigenvalue weighted by molar-refractivity contribution is -0.140. The number of carbonyl (C=O) groups is 1. The van der Waals surface area contributed by atoms with E-state index in [0.29, 0.717) is 29.1 Å². The number of rotatable bonds is 4. The average molecular weight is 416 g/mol. The molecule has 7 heteroatoms. The number of hydrogen-bond acceptors (Lipinski definition) is 5. The van der Waals surface area contributed by atoms with Gasteiger partial charge in [-0.1, -0.05) is 43.2 Å². The zero-order valence-corrected chi connectivity index (χ0v) is 18.0. The van der Waals surface area contributed by atoms with Gasteiger partial charge in [0.25, 0.3) is 5.56 Å². The Bertz CT molecular complexity index is 929. The topological polar surface area (TPSA) is 64.4 Å². The van der Waals surface area contributed by atoms with Crippen molar-refractivity contribution in [1.29, 1.82) is 0 Å². The molecule has 2 unspecified atom stereocenters. The molecule has 2 fully saturated rings. The third-order valence-corrected chi connectivity index (χ3v) is 6.75. The maximum atomic E-state index is 13.3. The van der Waals surface area contributed by atoms with Crippen LogP contribution in [0.1, 0.15) is 52.0 Å². The molecule has 0 N–H and O–H groups in total. The molecule has 6 nitrogen and oxygen atoms in total. The van der Waals surface area contributed by atoms with E-state index in [4.69, 9.17) is 9.72 Å². The number of thioether (sulfide) groups is 1. The molecule has 0 spiro atoms. The van der Waals surface area contributed by atoms with Gasteiger partial charge in [-0.05, 0) is 38.8 Å². The first-order valence-corrected chi connectivity index (χ1v) is 11.6. The number of benzene rings is 1. The molecular weight excluding hydrogens is 386 g/mol. The van der Waals surface area contributed by atoms with Crippen LogP contribution >= 0.6 is 11.8 Å². The molecule has 29 heavy (non-hydrogen) atoms. The van der Waals surface area contributed by atoms with E-state index in [-0.39, 0.29) is 35.5 Å². The summed E-state index contributed by atoms with van der Waals surface area (Å²) in [7, 11) is 0. The smallest absolute Gasteiger partial charge is 0.262 e. The summed E-state index contributed by atoms with van der Waals surface area (Å²) in [6.07, 6.45) is 5.59. The molecule has 1 aromatic carbocycles. The van der Waals surface area contributed by atoms with Crippen LogP contribution in [0.3, 0.4) is 0 Å². The highest BCUT2D eigenvalue weighted by molar-refractivity contribution is 7.99. The van der Waals surface area contributed by atoms with Crippen LogP contribution in [0.4, 0.5) is 0 Å². The van der Waals surface area contributed by atoms with Crippen molar-refractivity contribution in [1.82, 2.24) is 14.5 Å². The molecule has 1 aliphatic heterocycles. The minimum Gasteiger partial charge on any atom is -0.372 e. The van der Waals surface area contributed by atoms with E-state index in [1.807, 2.05) is 47.6 Å². The molecule has 2 atom stereocenters. The van der Waals surface area contributed by atoms with Gasteiger partial charge in [-0.25, -0.2) is 4.98 Å². The largest absolute Gasteiger partial charge is 0.372 e. The Balaban J connectivity index is 1.60. The molecule has 0 bridgehead atoms. The molecular formula is C22H29N3O3S. The Labute approximate surface area is 175 Å².